The maximum absolute atomic E-state index is 11.5. The number of hydrogen-bond donors (Lipinski definition) is 1. The average Bonchev–Trinajstić information content (AvgIpc) is 2.49. The molecule has 0 aliphatic heterocycles. The third-order valence-electron chi connectivity index (χ3n) is 2.68. The maximum Gasteiger partial charge on any atom is 0.453 e. The molecule has 0 radical (unpaired) electrons. The van der Waals surface area contributed by atoms with E-state index in [0.717, 1.165) is 5.56 Å². The molecule has 20 heavy (non-hydrogen) atoms. The zero-order valence-corrected chi connectivity index (χ0v) is 11.4. The molecule has 0 aliphatic carbocycles. The molecule has 0 fully saturated rings. The van der Waals surface area contributed by atoms with Gasteiger partial charge in [0.05, 0.1) is 13.0 Å². The number of carbonyl (C=O) groups is 2. The zero-order chi connectivity index (χ0) is 14.8. The van der Waals surface area contributed by atoms with E-state index < -0.39 is 12.1 Å². The van der Waals surface area contributed by atoms with E-state index in [-0.39, 0.29) is 19.6 Å². The van der Waals surface area contributed by atoms with Gasteiger partial charge in [0.15, 0.2) is 0 Å². The van der Waals surface area contributed by atoms with E-state index in [9.17, 15) is 9.59 Å². The van der Waals surface area contributed by atoms with Gasteiger partial charge in [-0.2, -0.15) is 0 Å². The van der Waals surface area contributed by atoms with Gasteiger partial charge in [-0.25, -0.2) is 19.4 Å². The second-order valence-corrected chi connectivity index (χ2v) is 4.09. The molecule has 0 aliphatic rings. The van der Waals surface area contributed by atoms with Crippen LogP contribution in [0.4, 0.5) is 4.79 Å². The summed E-state index contributed by atoms with van der Waals surface area (Å²) in [5, 5.41) is 8.75. The molecule has 0 unspecified atom stereocenters. The number of benzene rings is 1. The van der Waals surface area contributed by atoms with Gasteiger partial charge in [0.1, 0.15) is 0 Å². The molecule has 0 atom stereocenters. The van der Waals surface area contributed by atoms with E-state index in [0.29, 0.717) is 13.0 Å². The number of amides is 1. The third kappa shape index (κ3) is 5.71. The van der Waals surface area contributed by atoms with E-state index >= 15 is 0 Å². The minimum Gasteiger partial charge on any atom is -0.395 e. The van der Waals surface area contributed by atoms with Gasteiger partial charge in [0.25, 0.3) is 0 Å². The van der Waals surface area contributed by atoms with Gasteiger partial charge in [-0.1, -0.05) is 30.3 Å². The second kappa shape index (κ2) is 8.92. The first kappa shape index (κ1) is 16.0. The predicted molar refractivity (Wildman–Crippen MR) is 71.7 cm³/mol. The smallest absolute Gasteiger partial charge is 0.395 e. The molecule has 6 nitrogen and oxygen atoms in total. The normalized spacial score (nSPS) is 9.90. The first-order valence-electron chi connectivity index (χ1n) is 6.48. The van der Waals surface area contributed by atoms with E-state index in [1.165, 1.54) is 4.90 Å². The summed E-state index contributed by atoms with van der Waals surface area (Å²) >= 11 is 0. The van der Waals surface area contributed by atoms with Crippen LogP contribution in [0.5, 0.6) is 0 Å². The number of carbonyl (C=O) groups excluding carboxylic acids is 2. The Bertz CT molecular complexity index is 421. The molecule has 1 aromatic rings. The van der Waals surface area contributed by atoms with Crippen molar-refractivity contribution in [1.82, 2.24) is 4.90 Å². The first-order chi connectivity index (χ1) is 9.67. The summed E-state index contributed by atoms with van der Waals surface area (Å²) in [6.45, 7) is 2.05. The van der Waals surface area contributed by atoms with Gasteiger partial charge in [-0.05, 0) is 18.9 Å². The monoisotopic (exact) mass is 281 g/mol. The maximum atomic E-state index is 11.5. The summed E-state index contributed by atoms with van der Waals surface area (Å²) in [6.07, 6.45) is -0.135. The van der Waals surface area contributed by atoms with Crippen LogP contribution in [0.2, 0.25) is 0 Å². The highest BCUT2D eigenvalue weighted by atomic mass is 17.2. The van der Waals surface area contributed by atoms with Crippen molar-refractivity contribution in [3.8, 4) is 0 Å². The Morgan fingerprint density at radius 3 is 2.50 bits per heavy atom. The van der Waals surface area contributed by atoms with Gasteiger partial charge < -0.3 is 10.0 Å². The number of aliphatic hydroxyl groups is 1. The molecule has 0 bridgehead atoms. The Hall–Kier alpha value is -2.08. The Morgan fingerprint density at radius 2 is 1.90 bits per heavy atom. The Balaban J connectivity index is 2.27. The van der Waals surface area contributed by atoms with E-state index in [2.05, 4.69) is 9.78 Å². The molecule has 1 N–H and O–H groups in total. The summed E-state index contributed by atoms with van der Waals surface area (Å²) in [5.74, 6) is -0.609. The molecule has 0 aromatic heterocycles. The fourth-order valence-corrected chi connectivity index (χ4v) is 1.57. The number of rotatable bonds is 6. The lowest BCUT2D eigenvalue weighted by Gasteiger charge is -2.17. The third-order valence-corrected chi connectivity index (χ3v) is 2.68. The summed E-state index contributed by atoms with van der Waals surface area (Å²) in [5.41, 5.74) is 1.01. The quantitative estimate of drug-likeness (QED) is 0.632. The highest BCUT2D eigenvalue weighted by Gasteiger charge is 2.16. The van der Waals surface area contributed by atoms with Crippen LogP contribution in [-0.2, 0) is 21.0 Å². The lowest BCUT2D eigenvalue weighted by molar-refractivity contribution is -0.237. The minimum absolute atomic E-state index is 0.128. The summed E-state index contributed by atoms with van der Waals surface area (Å²) in [4.78, 5) is 33.0. The number of aliphatic hydroxyl groups excluding tert-OH is 1. The van der Waals surface area contributed by atoms with Crippen molar-refractivity contribution in [2.75, 3.05) is 19.7 Å². The average molecular weight is 281 g/mol. The minimum atomic E-state index is -0.783. The van der Waals surface area contributed by atoms with Crippen LogP contribution < -0.4 is 0 Å². The molecule has 6 heteroatoms. The molecule has 0 saturated heterocycles. The van der Waals surface area contributed by atoms with Gasteiger partial charge in [-0.15, -0.1) is 0 Å². The summed E-state index contributed by atoms with van der Waals surface area (Å²) in [6, 6.07) is 9.46. The van der Waals surface area contributed by atoms with Gasteiger partial charge in [0, 0.05) is 13.1 Å². The van der Waals surface area contributed by atoms with E-state index in [1.54, 1.807) is 6.92 Å². The van der Waals surface area contributed by atoms with E-state index in [4.69, 9.17) is 5.11 Å². The van der Waals surface area contributed by atoms with Gasteiger partial charge in [0.2, 0.25) is 0 Å². The molecular formula is C14H19NO5. The van der Waals surface area contributed by atoms with Crippen molar-refractivity contribution in [3.63, 3.8) is 0 Å². The van der Waals surface area contributed by atoms with Crippen LogP contribution in [0, 0.1) is 0 Å². The topological polar surface area (TPSA) is 76.1 Å². The van der Waals surface area contributed by atoms with Crippen LogP contribution in [0.25, 0.3) is 0 Å². The molecular weight excluding hydrogens is 262 g/mol. The second-order valence-electron chi connectivity index (χ2n) is 4.09. The van der Waals surface area contributed by atoms with Gasteiger partial charge in [-0.3, -0.25) is 0 Å². The lowest BCUT2D eigenvalue weighted by Crippen LogP contribution is -2.34. The molecule has 0 saturated carbocycles. The number of nitrogens with zero attached hydrogens (tertiary/aromatic N) is 1. The molecule has 0 spiro atoms. The van der Waals surface area contributed by atoms with Crippen molar-refractivity contribution in [2.45, 2.75) is 19.8 Å². The number of likely N-dealkylation sites (N-methyl/N-ethyl adjacent to an activating group) is 1. The van der Waals surface area contributed by atoms with Crippen molar-refractivity contribution < 1.29 is 24.5 Å². The molecule has 1 amide bonds. The van der Waals surface area contributed by atoms with E-state index in [1.807, 2.05) is 30.3 Å². The molecule has 1 rings (SSSR count). The molecule has 0 heterocycles. The highest BCUT2D eigenvalue weighted by Crippen LogP contribution is 2.04. The van der Waals surface area contributed by atoms with Crippen molar-refractivity contribution in [1.29, 1.82) is 0 Å². The Morgan fingerprint density at radius 1 is 1.20 bits per heavy atom. The van der Waals surface area contributed by atoms with Crippen LogP contribution in [0.1, 0.15) is 18.9 Å². The van der Waals surface area contributed by atoms with Gasteiger partial charge >= 0.3 is 12.1 Å². The molecule has 110 valence electrons. The fraction of sp³-hybridized carbons (Fsp3) is 0.429. The van der Waals surface area contributed by atoms with Crippen LogP contribution in [-0.4, -0.2) is 41.8 Å². The number of hydrogen-bond acceptors (Lipinski definition) is 5. The number of aryl methyl sites for hydroxylation is 1. The molecule has 1 aromatic carbocycles. The zero-order valence-electron chi connectivity index (χ0n) is 11.4. The van der Waals surface area contributed by atoms with Crippen LogP contribution >= 0.6 is 0 Å². The van der Waals surface area contributed by atoms with Crippen molar-refractivity contribution >= 4 is 12.1 Å². The fourth-order valence-electron chi connectivity index (χ4n) is 1.57. The van der Waals surface area contributed by atoms with Crippen LogP contribution in [0.3, 0.4) is 0 Å². The lowest BCUT2D eigenvalue weighted by atomic mass is 10.1. The highest BCUT2D eigenvalue weighted by molar-refractivity contribution is 5.72. The largest absolute Gasteiger partial charge is 0.453 e. The van der Waals surface area contributed by atoms with Crippen LogP contribution in [0.15, 0.2) is 30.3 Å². The van der Waals surface area contributed by atoms with Crippen molar-refractivity contribution in [3.05, 3.63) is 35.9 Å². The SMILES string of the molecule is CCN(CCO)C(=O)OOC(=O)CCc1ccccc1. The Labute approximate surface area is 117 Å². The Kier molecular flexibility index (Phi) is 7.13. The summed E-state index contributed by atoms with van der Waals surface area (Å²) < 4.78 is 0. The summed E-state index contributed by atoms with van der Waals surface area (Å²) in [7, 11) is 0. The predicted octanol–water partition coefficient (Wildman–Crippen LogP) is 1.53. The first-order valence-corrected chi connectivity index (χ1v) is 6.48. The standard InChI is InChI=1S/C14H19NO5/c1-2-15(10-11-16)14(18)20-19-13(17)9-8-12-6-4-3-5-7-12/h3-7,16H,2,8-11H2,1H3. The van der Waals surface area contributed by atoms with Crippen molar-refractivity contribution in [2.24, 2.45) is 0 Å².